The lowest BCUT2D eigenvalue weighted by Crippen LogP contribution is -2.40. The van der Waals surface area contributed by atoms with Crippen molar-refractivity contribution < 1.29 is 17.6 Å². The lowest BCUT2D eigenvalue weighted by atomic mass is 9.82. The summed E-state index contributed by atoms with van der Waals surface area (Å²) < 4.78 is 43.1. The Hall–Kier alpha value is -1.04. The Morgan fingerprint density at radius 3 is 2.55 bits per heavy atom. The van der Waals surface area contributed by atoms with Crippen LogP contribution in [0.5, 0.6) is 0 Å². The van der Waals surface area contributed by atoms with Gasteiger partial charge in [-0.1, -0.05) is 12.8 Å². The summed E-state index contributed by atoms with van der Waals surface area (Å²) >= 11 is 0. The van der Waals surface area contributed by atoms with E-state index in [1.165, 1.54) is 0 Å². The van der Waals surface area contributed by atoms with E-state index in [-0.39, 0.29) is 12.0 Å². The van der Waals surface area contributed by atoms with Gasteiger partial charge in [0, 0.05) is 25.9 Å². The molecule has 0 aliphatic heterocycles. The highest BCUT2D eigenvalue weighted by molar-refractivity contribution is 5.07. The molecule has 1 heterocycles. The van der Waals surface area contributed by atoms with Crippen LogP contribution in [0.2, 0.25) is 0 Å². The molecule has 1 aliphatic carbocycles. The second-order valence-electron chi connectivity index (χ2n) is 5.59. The third-order valence-corrected chi connectivity index (χ3v) is 3.93. The SMILES string of the molecule is Cc1nc(CN[C@H]2CCCC[C@H]2CC(F)(F)F)c(C)o1. The molecule has 0 spiro atoms. The fourth-order valence-electron chi connectivity index (χ4n) is 2.98. The minimum absolute atomic E-state index is 0.0817. The highest BCUT2D eigenvalue weighted by Gasteiger charge is 2.36. The fourth-order valence-corrected chi connectivity index (χ4v) is 2.98. The van der Waals surface area contributed by atoms with E-state index in [2.05, 4.69) is 10.3 Å². The fraction of sp³-hybridized carbons (Fsp3) is 0.786. The molecule has 1 aromatic rings. The van der Waals surface area contributed by atoms with Crippen LogP contribution in [0, 0.1) is 19.8 Å². The minimum Gasteiger partial charge on any atom is -0.446 e. The maximum absolute atomic E-state index is 12.6. The van der Waals surface area contributed by atoms with Gasteiger partial charge in [-0.15, -0.1) is 0 Å². The van der Waals surface area contributed by atoms with E-state index in [0.29, 0.717) is 18.9 Å². The molecular formula is C14H21F3N2O. The van der Waals surface area contributed by atoms with Gasteiger partial charge in [0.1, 0.15) is 5.76 Å². The summed E-state index contributed by atoms with van der Waals surface area (Å²) in [6.07, 6.45) is -1.45. The summed E-state index contributed by atoms with van der Waals surface area (Å²) in [6, 6.07) is -0.0817. The second kappa shape index (κ2) is 6.16. The Labute approximate surface area is 117 Å². The molecule has 0 saturated heterocycles. The number of aryl methyl sites for hydroxylation is 2. The van der Waals surface area contributed by atoms with Crippen molar-refractivity contribution in [3.05, 3.63) is 17.3 Å². The van der Waals surface area contributed by atoms with E-state index in [0.717, 1.165) is 30.7 Å². The maximum atomic E-state index is 12.6. The largest absolute Gasteiger partial charge is 0.446 e. The van der Waals surface area contributed by atoms with Gasteiger partial charge in [0.05, 0.1) is 5.69 Å². The molecular weight excluding hydrogens is 269 g/mol. The first-order valence-corrected chi connectivity index (χ1v) is 7.08. The molecule has 2 rings (SSSR count). The zero-order chi connectivity index (χ0) is 14.8. The molecule has 1 saturated carbocycles. The average Bonchev–Trinajstić information content (AvgIpc) is 2.65. The van der Waals surface area contributed by atoms with Gasteiger partial charge in [0.2, 0.25) is 0 Å². The Morgan fingerprint density at radius 1 is 1.25 bits per heavy atom. The van der Waals surface area contributed by atoms with Crippen molar-refractivity contribution >= 4 is 0 Å². The number of aromatic nitrogens is 1. The van der Waals surface area contributed by atoms with Crippen molar-refractivity contribution in [3.8, 4) is 0 Å². The number of hydrogen-bond acceptors (Lipinski definition) is 3. The molecule has 0 bridgehead atoms. The van der Waals surface area contributed by atoms with Crippen molar-refractivity contribution in [3.63, 3.8) is 0 Å². The predicted octanol–water partition coefficient (Wildman–Crippen LogP) is 3.89. The zero-order valence-electron chi connectivity index (χ0n) is 11.9. The molecule has 0 unspecified atom stereocenters. The lowest BCUT2D eigenvalue weighted by Gasteiger charge is -2.32. The Balaban J connectivity index is 1.93. The van der Waals surface area contributed by atoms with E-state index >= 15 is 0 Å². The van der Waals surface area contributed by atoms with E-state index in [1.54, 1.807) is 6.92 Å². The van der Waals surface area contributed by atoms with Crippen LogP contribution in [0.3, 0.4) is 0 Å². The van der Waals surface area contributed by atoms with Crippen LogP contribution < -0.4 is 5.32 Å². The van der Waals surface area contributed by atoms with Crippen LogP contribution in [0.25, 0.3) is 0 Å². The number of halogens is 3. The van der Waals surface area contributed by atoms with Gasteiger partial charge >= 0.3 is 6.18 Å². The van der Waals surface area contributed by atoms with Gasteiger partial charge in [-0.25, -0.2) is 4.98 Å². The van der Waals surface area contributed by atoms with Gasteiger partial charge in [0.25, 0.3) is 0 Å². The van der Waals surface area contributed by atoms with Gasteiger partial charge in [-0.05, 0) is 25.7 Å². The molecule has 1 aromatic heterocycles. The minimum atomic E-state index is -4.08. The van der Waals surface area contributed by atoms with Crippen LogP contribution in [0.1, 0.15) is 49.4 Å². The standard InChI is InChI=1S/C14H21F3N2O/c1-9-13(19-10(2)20-9)8-18-12-6-4-3-5-11(12)7-14(15,16)17/h11-12,18H,3-8H2,1-2H3/t11-,12-/m0/s1. The Kier molecular flexibility index (Phi) is 4.73. The van der Waals surface area contributed by atoms with Crippen molar-refractivity contribution in [2.45, 2.75) is 64.7 Å². The van der Waals surface area contributed by atoms with Crippen LogP contribution in [-0.4, -0.2) is 17.2 Å². The Morgan fingerprint density at radius 2 is 1.95 bits per heavy atom. The average molecular weight is 290 g/mol. The smallest absolute Gasteiger partial charge is 0.389 e. The van der Waals surface area contributed by atoms with E-state index in [4.69, 9.17) is 4.42 Å². The summed E-state index contributed by atoms with van der Waals surface area (Å²) in [5.74, 6) is 1.00. The van der Waals surface area contributed by atoms with Crippen molar-refractivity contribution in [2.75, 3.05) is 0 Å². The van der Waals surface area contributed by atoms with Gasteiger partial charge in [-0.2, -0.15) is 13.2 Å². The molecule has 0 amide bonds. The number of rotatable bonds is 4. The van der Waals surface area contributed by atoms with E-state index in [9.17, 15) is 13.2 Å². The number of nitrogens with zero attached hydrogens (tertiary/aromatic N) is 1. The summed E-state index contributed by atoms with van der Waals surface area (Å²) in [4.78, 5) is 4.24. The molecule has 2 atom stereocenters. The highest BCUT2D eigenvalue weighted by atomic mass is 19.4. The topological polar surface area (TPSA) is 38.1 Å². The Bertz CT molecular complexity index is 442. The van der Waals surface area contributed by atoms with E-state index < -0.39 is 12.6 Å². The summed E-state index contributed by atoms with van der Waals surface area (Å²) in [5, 5.41) is 3.24. The number of nitrogens with one attached hydrogen (secondary N) is 1. The first-order chi connectivity index (χ1) is 9.35. The van der Waals surface area contributed by atoms with Crippen LogP contribution in [0.15, 0.2) is 4.42 Å². The van der Waals surface area contributed by atoms with Crippen LogP contribution in [-0.2, 0) is 6.54 Å². The number of oxazole rings is 1. The highest BCUT2D eigenvalue weighted by Crippen LogP contribution is 2.34. The molecule has 1 aliphatic rings. The molecule has 114 valence electrons. The molecule has 0 radical (unpaired) electrons. The lowest BCUT2D eigenvalue weighted by molar-refractivity contribution is -0.148. The number of alkyl halides is 3. The molecule has 0 aromatic carbocycles. The summed E-state index contributed by atoms with van der Waals surface area (Å²) in [6.45, 7) is 4.07. The van der Waals surface area contributed by atoms with Crippen LogP contribution in [0.4, 0.5) is 13.2 Å². The first-order valence-electron chi connectivity index (χ1n) is 7.08. The summed E-state index contributed by atoms with van der Waals surface area (Å²) in [7, 11) is 0. The van der Waals surface area contributed by atoms with Crippen LogP contribution >= 0.6 is 0 Å². The monoisotopic (exact) mass is 290 g/mol. The normalized spacial score (nSPS) is 24.1. The molecule has 1 fully saturated rings. The zero-order valence-corrected chi connectivity index (χ0v) is 11.9. The van der Waals surface area contributed by atoms with Gasteiger partial charge < -0.3 is 9.73 Å². The maximum Gasteiger partial charge on any atom is 0.389 e. The molecule has 6 heteroatoms. The first kappa shape index (κ1) is 15.4. The molecule has 3 nitrogen and oxygen atoms in total. The molecule has 1 N–H and O–H groups in total. The number of hydrogen-bond donors (Lipinski definition) is 1. The third kappa shape index (κ3) is 4.23. The van der Waals surface area contributed by atoms with Crippen molar-refractivity contribution in [2.24, 2.45) is 5.92 Å². The van der Waals surface area contributed by atoms with Crippen molar-refractivity contribution in [1.29, 1.82) is 0 Å². The second-order valence-corrected chi connectivity index (χ2v) is 5.59. The third-order valence-electron chi connectivity index (χ3n) is 3.93. The van der Waals surface area contributed by atoms with Gasteiger partial charge in [0.15, 0.2) is 5.89 Å². The predicted molar refractivity (Wildman–Crippen MR) is 69.2 cm³/mol. The van der Waals surface area contributed by atoms with Gasteiger partial charge in [-0.3, -0.25) is 0 Å². The van der Waals surface area contributed by atoms with Crippen molar-refractivity contribution in [1.82, 2.24) is 10.3 Å². The quantitative estimate of drug-likeness (QED) is 0.914. The molecule has 20 heavy (non-hydrogen) atoms. The van der Waals surface area contributed by atoms with E-state index in [1.807, 2.05) is 6.92 Å². The summed E-state index contributed by atoms with van der Waals surface area (Å²) in [5.41, 5.74) is 0.791.